The number of imidazole rings is 1. The van der Waals surface area contributed by atoms with Crippen LogP contribution in [0.4, 0.5) is 0 Å². The van der Waals surface area contributed by atoms with Gasteiger partial charge in [0, 0.05) is 49.8 Å². The zero-order valence-corrected chi connectivity index (χ0v) is 12.7. The normalized spacial score (nSPS) is 20.0. The fourth-order valence-corrected chi connectivity index (χ4v) is 2.71. The Labute approximate surface area is 125 Å². The summed E-state index contributed by atoms with van der Waals surface area (Å²) in [6.07, 6.45) is 7.12. The zero-order chi connectivity index (χ0) is 14.7. The number of aromatic nitrogens is 4. The van der Waals surface area contributed by atoms with Crippen LogP contribution in [0.5, 0.6) is 0 Å². The van der Waals surface area contributed by atoms with Gasteiger partial charge in [0.15, 0.2) is 0 Å². The van der Waals surface area contributed by atoms with Gasteiger partial charge in [-0.2, -0.15) is 5.10 Å². The molecule has 114 valence electrons. The fourth-order valence-electron chi connectivity index (χ4n) is 2.71. The maximum absolute atomic E-state index is 5.83. The molecule has 0 aliphatic carbocycles. The van der Waals surface area contributed by atoms with Crippen LogP contribution in [0, 0.1) is 6.92 Å². The number of H-pyrrole nitrogens is 1. The monoisotopic (exact) mass is 289 g/mol. The minimum atomic E-state index is 0.0399. The standard InChI is InChI=1S/C15H23N5O/c1-3-4-20-10-13(8-17-20)9-19-5-6-21-14(11-19)15-16-7-12(2)18-15/h7-8,10,14H,3-6,9,11H2,1-2H3,(H,16,18)/t14-/m0/s1. The van der Waals surface area contributed by atoms with E-state index in [4.69, 9.17) is 4.74 Å². The Morgan fingerprint density at radius 3 is 3.10 bits per heavy atom. The molecule has 3 heterocycles. The van der Waals surface area contributed by atoms with Crippen molar-refractivity contribution in [3.05, 3.63) is 35.7 Å². The van der Waals surface area contributed by atoms with E-state index in [-0.39, 0.29) is 6.10 Å². The molecule has 0 spiro atoms. The van der Waals surface area contributed by atoms with E-state index in [2.05, 4.69) is 33.1 Å². The van der Waals surface area contributed by atoms with Gasteiger partial charge in [-0.05, 0) is 13.3 Å². The summed E-state index contributed by atoms with van der Waals surface area (Å²) in [5, 5.41) is 4.39. The van der Waals surface area contributed by atoms with Crippen LogP contribution in [0.3, 0.4) is 0 Å². The first kappa shape index (κ1) is 14.3. The summed E-state index contributed by atoms with van der Waals surface area (Å²) in [4.78, 5) is 10.1. The van der Waals surface area contributed by atoms with Crippen LogP contribution in [0.15, 0.2) is 18.6 Å². The van der Waals surface area contributed by atoms with Gasteiger partial charge in [0.05, 0.1) is 12.8 Å². The number of hydrogen-bond donors (Lipinski definition) is 1. The molecule has 1 N–H and O–H groups in total. The third kappa shape index (κ3) is 3.51. The number of morpholine rings is 1. The van der Waals surface area contributed by atoms with Crippen molar-refractivity contribution in [1.82, 2.24) is 24.6 Å². The second-order valence-corrected chi connectivity index (χ2v) is 5.66. The van der Waals surface area contributed by atoms with Crippen molar-refractivity contribution >= 4 is 0 Å². The molecular weight excluding hydrogens is 266 g/mol. The molecule has 0 aromatic carbocycles. The van der Waals surface area contributed by atoms with E-state index in [0.29, 0.717) is 0 Å². The first-order valence-corrected chi connectivity index (χ1v) is 7.61. The quantitative estimate of drug-likeness (QED) is 0.913. The van der Waals surface area contributed by atoms with Gasteiger partial charge < -0.3 is 9.72 Å². The second kappa shape index (κ2) is 6.41. The lowest BCUT2D eigenvalue weighted by Crippen LogP contribution is -2.38. The van der Waals surface area contributed by atoms with Crippen LogP contribution in [0.2, 0.25) is 0 Å². The molecule has 1 fully saturated rings. The highest BCUT2D eigenvalue weighted by Gasteiger charge is 2.24. The molecule has 0 radical (unpaired) electrons. The molecule has 0 bridgehead atoms. The van der Waals surface area contributed by atoms with Gasteiger partial charge in [-0.1, -0.05) is 6.92 Å². The number of nitrogens with zero attached hydrogens (tertiary/aromatic N) is 4. The maximum Gasteiger partial charge on any atom is 0.136 e. The summed E-state index contributed by atoms with van der Waals surface area (Å²) in [5.74, 6) is 0.930. The zero-order valence-electron chi connectivity index (χ0n) is 12.7. The highest BCUT2D eigenvalue weighted by molar-refractivity contribution is 5.06. The van der Waals surface area contributed by atoms with Crippen molar-refractivity contribution < 1.29 is 4.74 Å². The molecule has 2 aromatic heterocycles. The van der Waals surface area contributed by atoms with Crippen LogP contribution in [0.25, 0.3) is 0 Å². The molecule has 0 unspecified atom stereocenters. The van der Waals surface area contributed by atoms with Crippen LogP contribution < -0.4 is 0 Å². The molecule has 6 nitrogen and oxygen atoms in total. The number of rotatable bonds is 5. The summed E-state index contributed by atoms with van der Waals surface area (Å²) < 4.78 is 7.85. The van der Waals surface area contributed by atoms with Crippen LogP contribution in [-0.2, 0) is 17.8 Å². The van der Waals surface area contributed by atoms with E-state index < -0.39 is 0 Å². The first-order valence-electron chi connectivity index (χ1n) is 7.61. The molecule has 1 aliphatic rings. The number of aryl methyl sites for hydroxylation is 2. The predicted molar refractivity (Wildman–Crippen MR) is 79.8 cm³/mol. The molecule has 0 saturated carbocycles. The minimum Gasteiger partial charge on any atom is -0.368 e. The second-order valence-electron chi connectivity index (χ2n) is 5.66. The van der Waals surface area contributed by atoms with Gasteiger partial charge in [0.25, 0.3) is 0 Å². The Bertz CT molecular complexity index is 576. The molecule has 6 heteroatoms. The molecule has 1 aliphatic heterocycles. The Morgan fingerprint density at radius 2 is 2.33 bits per heavy atom. The van der Waals surface area contributed by atoms with Gasteiger partial charge in [0.2, 0.25) is 0 Å². The van der Waals surface area contributed by atoms with Crippen molar-refractivity contribution in [3.8, 4) is 0 Å². The first-order chi connectivity index (χ1) is 10.2. The minimum absolute atomic E-state index is 0.0399. The van der Waals surface area contributed by atoms with E-state index in [1.165, 1.54) is 5.56 Å². The molecular formula is C15H23N5O. The van der Waals surface area contributed by atoms with Gasteiger partial charge in [0.1, 0.15) is 11.9 Å². The molecule has 0 amide bonds. The predicted octanol–water partition coefficient (Wildman–Crippen LogP) is 1.90. The van der Waals surface area contributed by atoms with Gasteiger partial charge in [-0.25, -0.2) is 4.98 Å². The molecule has 1 atom stereocenters. The molecule has 21 heavy (non-hydrogen) atoms. The van der Waals surface area contributed by atoms with Crippen molar-refractivity contribution in [2.75, 3.05) is 19.7 Å². The van der Waals surface area contributed by atoms with Crippen molar-refractivity contribution in [2.45, 2.75) is 39.5 Å². The summed E-state index contributed by atoms with van der Waals surface area (Å²) in [7, 11) is 0. The number of ether oxygens (including phenoxy) is 1. The fraction of sp³-hybridized carbons (Fsp3) is 0.600. The van der Waals surface area contributed by atoms with Crippen molar-refractivity contribution in [2.24, 2.45) is 0 Å². The van der Waals surface area contributed by atoms with Gasteiger partial charge in [-0.3, -0.25) is 9.58 Å². The SMILES string of the molecule is CCCn1cc(CN2CCO[C@H](c3ncc(C)[nH]3)C2)cn1. The average molecular weight is 289 g/mol. The van der Waals surface area contributed by atoms with E-state index in [0.717, 1.165) is 50.7 Å². The largest absolute Gasteiger partial charge is 0.368 e. The van der Waals surface area contributed by atoms with E-state index in [1.54, 1.807) is 0 Å². The van der Waals surface area contributed by atoms with Crippen LogP contribution in [-0.4, -0.2) is 44.3 Å². The Balaban J connectivity index is 1.60. The molecule has 1 saturated heterocycles. The Morgan fingerprint density at radius 1 is 1.43 bits per heavy atom. The highest BCUT2D eigenvalue weighted by Crippen LogP contribution is 2.21. The Hall–Kier alpha value is -1.66. The lowest BCUT2D eigenvalue weighted by Gasteiger charge is -2.31. The summed E-state index contributed by atoms with van der Waals surface area (Å²) >= 11 is 0. The number of hydrogen-bond acceptors (Lipinski definition) is 4. The third-order valence-corrected chi connectivity index (χ3v) is 3.72. The van der Waals surface area contributed by atoms with E-state index in [1.807, 2.05) is 24.0 Å². The average Bonchev–Trinajstić information content (AvgIpc) is 3.09. The third-order valence-electron chi connectivity index (χ3n) is 3.72. The number of nitrogens with one attached hydrogen (secondary N) is 1. The summed E-state index contributed by atoms with van der Waals surface area (Å²) in [6, 6.07) is 0. The van der Waals surface area contributed by atoms with Crippen molar-refractivity contribution in [3.63, 3.8) is 0 Å². The molecule has 3 rings (SSSR count). The van der Waals surface area contributed by atoms with Crippen LogP contribution in [0.1, 0.15) is 36.5 Å². The smallest absolute Gasteiger partial charge is 0.136 e. The Kier molecular flexibility index (Phi) is 4.36. The highest BCUT2D eigenvalue weighted by atomic mass is 16.5. The van der Waals surface area contributed by atoms with Crippen molar-refractivity contribution in [1.29, 1.82) is 0 Å². The van der Waals surface area contributed by atoms with Gasteiger partial charge in [-0.15, -0.1) is 0 Å². The van der Waals surface area contributed by atoms with E-state index in [9.17, 15) is 0 Å². The lowest BCUT2D eigenvalue weighted by atomic mass is 10.2. The number of aromatic amines is 1. The van der Waals surface area contributed by atoms with Gasteiger partial charge >= 0.3 is 0 Å². The summed E-state index contributed by atoms with van der Waals surface area (Å²) in [6.45, 7) is 8.65. The van der Waals surface area contributed by atoms with E-state index >= 15 is 0 Å². The van der Waals surface area contributed by atoms with Crippen LogP contribution >= 0.6 is 0 Å². The summed E-state index contributed by atoms with van der Waals surface area (Å²) in [5.41, 5.74) is 2.34. The lowest BCUT2D eigenvalue weighted by molar-refractivity contribution is -0.0368. The molecule has 2 aromatic rings. The maximum atomic E-state index is 5.83. The topological polar surface area (TPSA) is 59.0 Å².